The van der Waals surface area contributed by atoms with Crippen LogP contribution in [0, 0.1) is 6.92 Å². The number of fused-ring (bicyclic) bond motifs is 1. The summed E-state index contributed by atoms with van der Waals surface area (Å²) in [6.45, 7) is 1.70. The van der Waals surface area contributed by atoms with Gasteiger partial charge in [-0.15, -0.1) is 0 Å². The first kappa shape index (κ1) is 12.6. The van der Waals surface area contributed by atoms with E-state index in [4.69, 9.17) is 0 Å². The quantitative estimate of drug-likeness (QED) is 0.714. The summed E-state index contributed by atoms with van der Waals surface area (Å²) in [4.78, 5) is 27.9. The van der Waals surface area contributed by atoms with Crippen LogP contribution in [0.4, 0.5) is 0 Å². The summed E-state index contributed by atoms with van der Waals surface area (Å²) in [5, 5.41) is 9.24. The molecule has 0 aliphatic rings. The lowest BCUT2D eigenvalue weighted by Crippen LogP contribution is -2.25. The monoisotopic (exact) mass is 286 g/mol. The van der Waals surface area contributed by atoms with Crippen LogP contribution in [0.1, 0.15) is 11.3 Å². The molecule has 1 N–H and O–H groups in total. The second-order valence-electron chi connectivity index (χ2n) is 4.36. The van der Waals surface area contributed by atoms with Gasteiger partial charge in [0.25, 0.3) is 11.1 Å². The van der Waals surface area contributed by atoms with Crippen LogP contribution >= 0.6 is 11.3 Å². The van der Waals surface area contributed by atoms with Crippen LogP contribution in [-0.2, 0) is 0 Å². The summed E-state index contributed by atoms with van der Waals surface area (Å²) >= 11 is 1.17. The van der Waals surface area contributed by atoms with Crippen molar-refractivity contribution in [2.24, 2.45) is 0 Å². The molecular weight excluding hydrogens is 276 g/mol. The Bertz CT molecular complexity index is 955. The molecule has 3 aromatic rings. The normalized spacial score (nSPS) is 12.2. The van der Waals surface area contributed by atoms with E-state index < -0.39 is 0 Å². The molecule has 20 heavy (non-hydrogen) atoms. The van der Waals surface area contributed by atoms with E-state index >= 15 is 0 Å². The fraction of sp³-hybridized carbons (Fsp3) is 0.0714. The number of benzene rings is 1. The predicted molar refractivity (Wildman–Crippen MR) is 77.2 cm³/mol. The molecule has 3 rings (SSSR count). The fourth-order valence-electron chi connectivity index (χ4n) is 1.95. The molecule has 0 aliphatic carbocycles. The van der Waals surface area contributed by atoms with Crippen LogP contribution in [0.15, 0.2) is 39.9 Å². The second kappa shape index (κ2) is 4.57. The number of aromatic hydroxyl groups is 1. The first-order valence-corrected chi connectivity index (χ1v) is 6.70. The van der Waals surface area contributed by atoms with Crippen LogP contribution < -0.4 is 15.7 Å². The highest BCUT2D eigenvalue weighted by molar-refractivity contribution is 7.15. The molecule has 0 saturated carbocycles. The second-order valence-corrected chi connectivity index (χ2v) is 5.37. The van der Waals surface area contributed by atoms with Gasteiger partial charge in [-0.3, -0.25) is 14.0 Å². The Balaban J connectivity index is 2.30. The van der Waals surface area contributed by atoms with E-state index in [-0.39, 0.29) is 16.9 Å². The summed E-state index contributed by atoms with van der Waals surface area (Å²) < 4.78 is 1.93. The van der Waals surface area contributed by atoms with Crippen LogP contribution in [0.25, 0.3) is 11.0 Å². The van der Waals surface area contributed by atoms with Gasteiger partial charge in [-0.05, 0) is 30.7 Å². The average molecular weight is 286 g/mol. The van der Waals surface area contributed by atoms with Gasteiger partial charge in [0.15, 0.2) is 0 Å². The molecular formula is C14H10N2O3S. The van der Waals surface area contributed by atoms with Crippen molar-refractivity contribution in [2.45, 2.75) is 6.92 Å². The molecule has 6 heteroatoms. The van der Waals surface area contributed by atoms with Gasteiger partial charge in [-0.1, -0.05) is 23.5 Å². The van der Waals surface area contributed by atoms with Crippen molar-refractivity contribution in [2.75, 3.05) is 0 Å². The third-order valence-corrected chi connectivity index (χ3v) is 3.86. The molecule has 0 spiro atoms. The summed E-state index contributed by atoms with van der Waals surface area (Å²) in [7, 11) is 0. The Kier molecular flexibility index (Phi) is 2.87. The van der Waals surface area contributed by atoms with Gasteiger partial charge in [0.05, 0.1) is 4.53 Å². The number of hydrogen-bond donors (Lipinski definition) is 1. The fourth-order valence-corrected chi connectivity index (χ4v) is 2.98. The number of aryl methyl sites for hydroxylation is 1. The highest BCUT2D eigenvalue weighted by atomic mass is 32.1. The molecule has 0 saturated heterocycles. The smallest absolute Gasteiger partial charge is 0.274 e. The van der Waals surface area contributed by atoms with Crippen molar-refractivity contribution in [3.8, 4) is 5.75 Å². The van der Waals surface area contributed by atoms with Gasteiger partial charge < -0.3 is 5.11 Å². The summed E-state index contributed by atoms with van der Waals surface area (Å²) in [6, 6.07) is 7.86. The van der Waals surface area contributed by atoms with Gasteiger partial charge in [-0.25, -0.2) is 0 Å². The maximum absolute atomic E-state index is 12.3. The standard InChI is InChI=1S/C14H10N2O3S/c1-8-6-12(18)15-14-16(8)13(19)11(20-14)7-9-2-4-10(17)5-3-9/h2-7,17H,1H3. The van der Waals surface area contributed by atoms with E-state index in [0.29, 0.717) is 15.2 Å². The number of thiazole rings is 1. The molecule has 2 heterocycles. The summed E-state index contributed by atoms with van der Waals surface area (Å²) in [5.41, 5.74) is 0.835. The van der Waals surface area contributed by atoms with Gasteiger partial charge in [0, 0.05) is 11.8 Å². The Labute approximate surface area is 117 Å². The predicted octanol–water partition coefficient (Wildman–Crippen LogP) is 0.678. The van der Waals surface area contributed by atoms with Gasteiger partial charge >= 0.3 is 0 Å². The Morgan fingerprint density at radius 3 is 2.65 bits per heavy atom. The zero-order valence-corrected chi connectivity index (χ0v) is 11.3. The van der Waals surface area contributed by atoms with Crippen molar-refractivity contribution in [3.05, 3.63) is 66.8 Å². The molecule has 0 radical (unpaired) electrons. The van der Waals surface area contributed by atoms with Crippen LogP contribution in [0.3, 0.4) is 0 Å². The third-order valence-electron chi connectivity index (χ3n) is 2.89. The van der Waals surface area contributed by atoms with E-state index in [0.717, 1.165) is 5.56 Å². The lowest BCUT2D eigenvalue weighted by molar-refractivity contribution is 0.475. The average Bonchev–Trinajstić information content (AvgIpc) is 2.69. The Hall–Kier alpha value is -2.47. The van der Waals surface area contributed by atoms with E-state index in [1.54, 1.807) is 37.3 Å². The number of rotatable bonds is 1. The molecule has 0 fully saturated rings. The van der Waals surface area contributed by atoms with E-state index in [1.165, 1.54) is 21.8 Å². The van der Waals surface area contributed by atoms with E-state index in [1.807, 2.05) is 0 Å². The lowest BCUT2D eigenvalue weighted by Gasteiger charge is -1.93. The van der Waals surface area contributed by atoms with Crippen molar-refractivity contribution in [1.82, 2.24) is 9.38 Å². The highest BCUT2D eigenvalue weighted by Crippen LogP contribution is 2.10. The van der Waals surface area contributed by atoms with Gasteiger partial charge in [0.1, 0.15) is 5.75 Å². The first-order valence-electron chi connectivity index (χ1n) is 5.88. The van der Waals surface area contributed by atoms with E-state index in [2.05, 4.69) is 4.98 Å². The highest BCUT2D eigenvalue weighted by Gasteiger charge is 2.07. The molecule has 2 aromatic heterocycles. The third kappa shape index (κ3) is 2.10. The number of nitrogens with zero attached hydrogens (tertiary/aromatic N) is 2. The summed E-state index contributed by atoms with van der Waals surface area (Å²) in [5.74, 6) is 0.170. The van der Waals surface area contributed by atoms with Crippen molar-refractivity contribution in [3.63, 3.8) is 0 Å². The maximum atomic E-state index is 12.3. The molecule has 0 unspecified atom stereocenters. The number of hydrogen-bond acceptors (Lipinski definition) is 5. The molecule has 0 amide bonds. The van der Waals surface area contributed by atoms with Crippen molar-refractivity contribution in [1.29, 1.82) is 0 Å². The summed E-state index contributed by atoms with van der Waals surface area (Å²) in [6.07, 6.45) is 1.71. The molecule has 100 valence electrons. The zero-order chi connectivity index (χ0) is 14.3. The minimum absolute atomic E-state index is 0.170. The van der Waals surface area contributed by atoms with Crippen LogP contribution in [0.2, 0.25) is 0 Å². The zero-order valence-electron chi connectivity index (χ0n) is 10.5. The minimum atomic E-state index is -0.347. The number of phenolic OH excluding ortho intramolecular Hbond substituents is 1. The Morgan fingerprint density at radius 2 is 1.95 bits per heavy atom. The molecule has 0 bridgehead atoms. The maximum Gasteiger partial charge on any atom is 0.274 e. The van der Waals surface area contributed by atoms with Gasteiger partial charge in [-0.2, -0.15) is 4.98 Å². The van der Waals surface area contributed by atoms with Crippen molar-refractivity contribution < 1.29 is 5.11 Å². The van der Waals surface area contributed by atoms with Crippen LogP contribution in [0.5, 0.6) is 5.75 Å². The SMILES string of the molecule is Cc1cc(=O)nc2sc(=Cc3ccc(O)cc3)c(=O)n12. The number of phenols is 1. The molecule has 0 atom stereocenters. The largest absolute Gasteiger partial charge is 0.508 e. The molecule has 1 aromatic carbocycles. The minimum Gasteiger partial charge on any atom is -0.508 e. The molecule has 5 nitrogen and oxygen atoms in total. The number of aromatic nitrogens is 2. The topological polar surface area (TPSA) is 71.7 Å². The van der Waals surface area contributed by atoms with Crippen molar-refractivity contribution >= 4 is 22.4 Å². The van der Waals surface area contributed by atoms with Crippen LogP contribution in [-0.4, -0.2) is 14.5 Å². The Morgan fingerprint density at radius 1 is 1.25 bits per heavy atom. The van der Waals surface area contributed by atoms with E-state index in [9.17, 15) is 14.7 Å². The van der Waals surface area contributed by atoms with Gasteiger partial charge in [0.2, 0.25) is 4.96 Å². The lowest BCUT2D eigenvalue weighted by atomic mass is 10.2. The first-order chi connectivity index (χ1) is 9.54. The molecule has 0 aliphatic heterocycles.